The average Bonchev–Trinajstić information content (AvgIpc) is 2.84. The average molecular weight is 613 g/mol. The standard InChI is InChI=1S/C9H14F3NO.C7H15N.C6H11Br.C3H4F3NO/c1-3-4-5-6-7-13(2)8(14)9(10,11)12;1-3-4-5-6-7-8-2;1-2-3-4-5-6-7;1-7-2(8)3(4,5)6/h3H,1,4-7H2,2H3;3,8H,1,4-7H2,2H3;2H,1,3-6H2;1H3,(H,7,8). The van der Waals surface area contributed by atoms with Crippen molar-refractivity contribution in [3.05, 3.63) is 38.0 Å². The van der Waals surface area contributed by atoms with Crippen molar-refractivity contribution in [2.24, 2.45) is 0 Å². The van der Waals surface area contributed by atoms with E-state index in [-0.39, 0.29) is 6.54 Å². The topological polar surface area (TPSA) is 61.4 Å². The molecule has 0 heterocycles. The van der Waals surface area contributed by atoms with E-state index in [1.54, 1.807) is 6.08 Å². The molecule has 0 unspecified atom stereocenters. The van der Waals surface area contributed by atoms with Crippen LogP contribution in [0.25, 0.3) is 0 Å². The third-order valence-corrected chi connectivity index (χ3v) is 4.66. The fourth-order valence-electron chi connectivity index (χ4n) is 2.07. The number of unbranched alkanes of at least 4 members (excludes halogenated alkanes) is 6. The predicted molar refractivity (Wildman–Crippen MR) is 144 cm³/mol. The molecular weight excluding hydrogens is 568 g/mol. The smallest absolute Gasteiger partial charge is 0.351 e. The molecule has 0 saturated heterocycles. The fraction of sp³-hybridized carbons (Fsp3) is 0.680. The maximum absolute atomic E-state index is 11.9. The lowest BCUT2D eigenvalue weighted by Gasteiger charge is -2.18. The minimum Gasteiger partial charge on any atom is -0.351 e. The number of allylic oxidation sites excluding steroid dienone is 3. The summed E-state index contributed by atoms with van der Waals surface area (Å²) in [6.45, 7) is 12.0. The quantitative estimate of drug-likeness (QED) is 0.0966. The molecule has 0 bridgehead atoms. The number of halogens is 7. The van der Waals surface area contributed by atoms with Crippen LogP contribution in [-0.4, -0.2) is 68.6 Å². The Kier molecular flexibility index (Phi) is 32.8. The van der Waals surface area contributed by atoms with Gasteiger partial charge in [0.25, 0.3) is 0 Å². The number of amides is 2. The van der Waals surface area contributed by atoms with E-state index in [4.69, 9.17) is 0 Å². The zero-order valence-corrected chi connectivity index (χ0v) is 23.8. The molecule has 5 nitrogen and oxygen atoms in total. The third-order valence-electron chi connectivity index (χ3n) is 4.10. The summed E-state index contributed by atoms with van der Waals surface area (Å²) in [5, 5.41) is 5.66. The Bertz CT molecular complexity index is 586. The summed E-state index contributed by atoms with van der Waals surface area (Å²) in [4.78, 5) is 20.9. The Hall–Kier alpha value is -1.82. The van der Waals surface area contributed by atoms with Crippen molar-refractivity contribution < 1.29 is 35.9 Å². The molecule has 0 aliphatic rings. The van der Waals surface area contributed by atoms with Gasteiger partial charge in [-0.05, 0) is 71.4 Å². The molecule has 37 heavy (non-hydrogen) atoms. The van der Waals surface area contributed by atoms with Crippen molar-refractivity contribution in [1.82, 2.24) is 15.5 Å². The van der Waals surface area contributed by atoms with Gasteiger partial charge in [-0.1, -0.05) is 34.2 Å². The molecule has 0 aliphatic heterocycles. The summed E-state index contributed by atoms with van der Waals surface area (Å²) < 4.78 is 68.7. The molecule has 0 spiro atoms. The summed E-state index contributed by atoms with van der Waals surface area (Å²) >= 11 is 3.35. The van der Waals surface area contributed by atoms with Crippen LogP contribution in [0.3, 0.4) is 0 Å². The molecule has 0 radical (unpaired) electrons. The highest BCUT2D eigenvalue weighted by Gasteiger charge is 2.40. The molecule has 220 valence electrons. The molecular formula is C25H44BrF6N3O2. The second kappa shape index (κ2) is 28.7. The number of hydrogen-bond donors (Lipinski definition) is 2. The van der Waals surface area contributed by atoms with Crippen LogP contribution in [0, 0.1) is 0 Å². The molecule has 2 N–H and O–H groups in total. The predicted octanol–water partition coefficient (Wildman–Crippen LogP) is 6.96. The van der Waals surface area contributed by atoms with Crippen molar-refractivity contribution in [2.45, 2.75) is 70.1 Å². The van der Waals surface area contributed by atoms with Gasteiger partial charge in [0.1, 0.15) is 0 Å². The van der Waals surface area contributed by atoms with Crippen LogP contribution in [0.1, 0.15) is 57.8 Å². The lowest BCUT2D eigenvalue weighted by molar-refractivity contribution is -0.184. The van der Waals surface area contributed by atoms with E-state index in [9.17, 15) is 35.9 Å². The van der Waals surface area contributed by atoms with Gasteiger partial charge in [0.15, 0.2) is 0 Å². The first-order chi connectivity index (χ1) is 17.2. The minimum atomic E-state index is -4.76. The molecule has 0 fully saturated rings. The lowest BCUT2D eigenvalue weighted by atomic mass is 10.2. The van der Waals surface area contributed by atoms with Gasteiger partial charge in [-0.3, -0.25) is 9.59 Å². The van der Waals surface area contributed by atoms with Crippen LogP contribution < -0.4 is 10.6 Å². The number of nitrogens with one attached hydrogen (secondary N) is 2. The van der Waals surface area contributed by atoms with Gasteiger partial charge in [0, 0.05) is 26.0 Å². The molecule has 0 aromatic heterocycles. The SMILES string of the molecule is C=CCCCCBr.C=CCCCCN(C)C(=O)C(F)(F)F.C=CCCCCNC.CNC(=O)C(F)(F)F. The van der Waals surface area contributed by atoms with Crippen LogP contribution in [0.15, 0.2) is 38.0 Å². The number of alkyl halides is 7. The monoisotopic (exact) mass is 611 g/mol. The third kappa shape index (κ3) is 36.4. The largest absolute Gasteiger partial charge is 0.471 e. The van der Waals surface area contributed by atoms with Gasteiger partial charge in [-0.15, -0.1) is 19.7 Å². The van der Waals surface area contributed by atoms with Gasteiger partial charge >= 0.3 is 24.2 Å². The molecule has 0 atom stereocenters. The Labute approximate surface area is 226 Å². The molecule has 12 heteroatoms. The van der Waals surface area contributed by atoms with Gasteiger partial charge in [-0.25, -0.2) is 0 Å². The van der Waals surface area contributed by atoms with Crippen molar-refractivity contribution in [2.75, 3.05) is 39.6 Å². The summed E-state index contributed by atoms with van der Waals surface area (Å²) in [5.41, 5.74) is 0. The summed E-state index contributed by atoms with van der Waals surface area (Å²) in [7, 11) is 4.06. The molecule has 0 saturated carbocycles. The highest BCUT2D eigenvalue weighted by molar-refractivity contribution is 9.09. The van der Waals surface area contributed by atoms with Crippen LogP contribution >= 0.6 is 15.9 Å². The van der Waals surface area contributed by atoms with Crippen molar-refractivity contribution >= 4 is 27.7 Å². The fourth-order valence-corrected chi connectivity index (χ4v) is 2.47. The highest BCUT2D eigenvalue weighted by atomic mass is 79.9. The van der Waals surface area contributed by atoms with Crippen molar-refractivity contribution in [1.29, 1.82) is 0 Å². The van der Waals surface area contributed by atoms with Gasteiger partial charge in [-0.2, -0.15) is 26.3 Å². The van der Waals surface area contributed by atoms with E-state index in [2.05, 4.69) is 41.0 Å². The Morgan fingerprint density at radius 2 is 1.22 bits per heavy atom. The van der Waals surface area contributed by atoms with Crippen LogP contribution in [0.2, 0.25) is 0 Å². The van der Waals surface area contributed by atoms with Crippen molar-refractivity contribution in [3.63, 3.8) is 0 Å². The first-order valence-electron chi connectivity index (χ1n) is 11.8. The molecule has 2 amide bonds. The van der Waals surface area contributed by atoms with Crippen LogP contribution in [0.4, 0.5) is 26.3 Å². The highest BCUT2D eigenvalue weighted by Crippen LogP contribution is 2.17. The molecule has 0 aromatic rings. The van der Waals surface area contributed by atoms with E-state index < -0.39 is 24.2 Å². The Morgan fingerprint density at radius 1 is 0.784 bits per heavy atom. The summed E-state index contributed by atoms with van der Waals surface area (Å²) in [6, 6.07) is 0. The second-order valence-electron chi connectivity index (χ2n) is 7.45. The van der Waals surface area contributed by atoms with Gasteiger partial charge in [0.2, 0.25) is 0 Å². The minimum absolute atomic E-state index is 0.131. The Balaban J connectivity index is -0.000000206. The maximum Gasteiger partial charge on any atom is 0.471 e. The number of rotatable bonds is 14. The van der Waals surface area contributed by atoms with E-state index in [1.807, 2.05) is 19.2 Å². The van der Waals surface area contributed by atoms with Gasteiger partial charge < -0.3 is 15.5 Å². The van der Waals surface area contributed by atoms with E-state index in [0.29, 0.717) is 11.3 Å². The first-order valence-corrected chi connectivity index (χ1v) is 13.0. The molecule has 0 aromatic carbocycles. The lowest BCUT2D eigenvalue weighted by Crippen LogP contribution is -2.38. The summed E-state index contributed by atoms with van der Waals surface area (Å²) in [5.74, 6) is -3.70. The van der Waals surface area contributed by atoms with Crippen molar-refractivity contribution in [3.8, 4) is 0 Å². The maximum atomic E-state index is 11.9. The second-order valence-corrected chi connectivity index (χ2v) is 8.24. The van der Waals surface area contributed by atoms with Gasteiger partial charge in [0.05, 0.1) is 0 Å². The molecule has 0 rings (SSSR count). The number of hydrogen-bond acceptors (Lipinski definition) is 3. The normalized spacial score (nSPS) is 10.2. The number of nitrogens with zero attached hydrogens (tertiary/aromatic N) is 1. The first kappa shape index (κ1) is 42.3. The van der Waals surface area contributed by atoms with E-state index in [1.165, 1.54) is 31.0 Å². The van der Waals surface area contributed by atoms with E-state index in [0.717, 1.165) is 51.7 Å². The zero-order valence-electron chi connectivity index (χ0n) is 22.2. The number of carbonyl (C=O) groups is 2. The van der Waals surface area contributed by atoms with Crippen LogP contribution in [-0.2, 0) is 9.59 Å². The number of carbonyl (C=O) groups excluding carboxylic acids is 2. The Morgan fingerprint density at radius 3 is 1.51 bits per heavy atom. The molecule has 0 aliphatic carbocycles. The van der Waals surface area contributed by atoms with E-state index >= 15 is 0 Å². The summed E-state index contributed by atoms with van der Waals surface area (Å²) in [6.07, 6.45) is 5.59. The zero-order chi connectivity index (χ0) is 29.8. The van der Waals surface area contributed by atoms with Crippen LogP contribution in [0.5, 0.6) is 0 Å².